The topological polar surface area (TPSA) is 221 Å². The highest BCUT2D eigenvalue weighted by Gasteiger charge is 2.45. The van der Waals surface area contributed by atoms with E-state index in [2.05, 4.69) is 10.6 Å². The summed E-state index contributed by atoms with van der Waals surface area (Å²) in [6.07, 6.45) is -13.3. The number of nitrogens with one attached hydrogen (secondary N) is 2. The number of ether oxygens (including phenoxy) is 2. The van der Waals surface area contributed by atoms with Crippen molar-refractivity contribution in [2.45, 2.75) is 61.0 Å². The molecule has 2 aliphatic heterocycles. The maximum atomic E-state index is 12.7. The highest BCUT2D eigenvalue weighted by Crippen LogP contribution is 2.34. The summed E-state index contributed by atoms with van der Waals surface area (Å²) in [7, 11) is 0. The summed E-state index contributed by atoms with van der Waals surface area (Å²) in [6.45, 7) is -1.13. The van der Waals surface area contributed by atoms with Gasteiger partial charge in [0.05, 0.1) is 13.2 Å². The molecule has 2 amide bonds. The van der Waals surface area contributed by atoms with Crippen LogP contribution in [0.4, 0.5) is 16.2 Å². The fraction of sp³-hybridized carbons (Fsp3) is 0.480. The summed E-state index contributed by atoms with van der Waals surface area (Å²) in [5, 5.41) is 84.9. The van der Waals surface area contributed by atoms with E-state index in [-0.39, 0.29) is 0 Å². The maximum Gasteiger partial charge on any atom is 0.323 e. The highest BCUT2D eigenvalue weighted by atomic mass is 16.6. The fourth-order valence-corrected chi connectivity index (χ4v) is 4.63. The zero-order valence-electron chi connectivity index (χ0n) is 20.1. The minimum atomic E-state index is -1.54. The normalized spacial score (nSPS) is 35.5. The number of amides is 2. The fourth-order valence-electron chi connectivity index (χ4n) is 4.63. The van der Waals surface area contributed by atoms with Crippen LogP contribution < -0.4 is 10.6 Å². The predicted molar refractivity (Wildman–Crippen MR) is 131 cm³/mol. The molecule has 4 rings (SSSR count). The Morgan fingerprint density at radius 3 is 1.39 bits per heavy atom. The zero-order chi connectivity index (χ0) is 27.6. The van der Waals surface area contributed by atoms with Crippen molar-refractivity contribution in [3.63, 3.8) is 0 Å². The van der Waals surface area contributed by atoms with Crippen molar-refractivity contribution in [1.29, 1.82) is 0 Å². The van der Waals surface area contributed by atoms with Gasteiger partial charge in [-0.25, -0.2) is 4.79 Å². The Balaban J connectivity index is 1.44. The van der Waals surface area contributed by atoms with Crippen molar-refractivity contribution in [1.82, 2.24) is 0 Å². The van der Waals surface area contributed by atoms with E-state index in [1.807, 2.05) is 0 Å². The number of aliphatic hydroxyl groups is 8. The van der Waals surface area contributed by atoms with Crippen LogP contribution in [0.25, 0.3) is 0 Å². The SMILES string of the molecule is O=C(Nc1cccc([C@H]2O[C@H](CO)[C@@H](O)[C@H](O)[C@@H]2O)c1)Nc1cccc([C@H]2O[C@H](CO)[C@@H](O)[C@H](O)[C@@H]2O)c1. The second-order valence-electron chi connectivity index (χ2n) is 9.33. The lowest BCUT2D eigenvalue weighted by Gasteiger charge is -2.40. The molecule has 0 spiro atoms. The minimum Gasteiger partial charge on any atom is -0.394 e. The van der Waals surface area contributed by atoms with Crippen LogP contribution in [0.1, 0.15) is 23.3 Å². The number of aliphatic hydroxyl groups excluding tert-OH is 8. The van der Waals surface area contributed by atoms with Crippen molar-refractivity contribution in [2.75, 3.05) is 23.8 Å². The molecule has 208 valence electrons. The Labute approximate surface area is 217 Å². The van der Waals surface area contributed by atoms with Gasteiger partial charge in [0, 0.05) is 11.4 Å². The van der Waals surface area contributed by atoms with Gasteiger partial charge in [0.25, 0.3) is 0 Å². The van der Waals surface area contributed by atoms with E-state index < -0.39 is 80.3 Å². The number of rotatable bonds is 6. The molecule has 0 saturated carbocycles. The lowest BCUT2D eigenvalue weighted by molar-refractivity contribution is -0.231. The van der Waals surface area contributed by atoms with E-state index >= 15 is 0 Å². The van der Waals surface area contributed by atoms with E-state index in [1.54, 1.807) is 36.4 Å². The van der Waals surface area contributed by atoms with Gasteiger partial charge in [-0.1, -0.05) is 24.3 Å². The van der Waals surface area contributed by atoms with Gasteiger partial charge in [-0.15, -0.1) is 0 Å². The lowest BCUT2D eigenvalue weighted by Crippen LogP contribution is -2.55. The third-order valence-corrected chi connectivity index (χ3v) is 6.73. The molecule has 10 N–H and O–H groups in total. The van der Waals surface area contributed by atoms with Gasteiger partial charge in [-0.3, -0.25) is 0 Å². The molecule has 2 aromatic rings. The number of anilines is 2. The zero-order valence-corrected chi connectivity index (χ0v) is 20.1. The molecule has 13 nitrogen and oxygen atoms in total. The maximum absolute atomic E-state index is 12.7. The summed E-state index contributed by atoms with van der Waals surface area (Å²) in [4.78, 5) is 12.7. The molecule has 0 bridgehead atoms. The summed E-state index contributed by atoms with van der Waals surface area (Å²) in [6, 6.07) is 11.9. The van der Waals surface area contributed by atoms with Crippen LogP contribution in [-0.4, -0.2) is 109 Å². The molecule has 13 heteroatoms. The van der Waals surface area contributed by atoms with E-state index in [0.29, 0.717) is 22.5 Å². The minimum absolute atomic E-state index is 0.321. The van der Waals surface area contributed by atoms with Gasteiger partial charge in [0.15, 0.2) is 0 Å². The monoisotopic (exact) mass is 536 g/mol. The molecule has 38 heavy (non-hydrogen) atoms. The Kier molecular flexibility index (Phi) is 8.95. The average molecular weight is 537 g/mol. The third-order valence-electron chi connectivity index (χ3n) is 6.73. The van der Waals surface area contributed by atoms with E-state index in [1.165, 1.54) is 12.1 Å². The Bertz CT molecular complexity index is 1020. The first-order chi connectivity index (χ1) is 18.1. The number of carbonyl (C=O) groups excluding carboxylic acids is 1. The largest absolute Gasteiger partial charge is 0.394 e. The molecular formula is C25H32N2O11. The summed E-state index contributed by atoms with van der Waals surface area (Å²) >= 11 is 0. The van der Waals surface area contributed by atoms with Gasteiger partial charge in [0.1, 0.15) is 61.0 Å². The van der Waals surface area contributed by atoms with Gasteiger partial charge in [0.2, 0.25) is 0 Å². The Morgan fingerprint density at radius 1 is 0.632 bits per heavy atom. The number of carbonyl (C=O) groups is 1. The number of hydrogen-bond donors (Lipinski definition) is 10. The number of hydrogen-bond acceptors (Lipinski definition) is 11. The lowest BCUT2D eigenvalue weighted by atomic mass is 9.91. The van der Waals surface area contributed by atoms with Crippen molar-refractivity contribution in [2.24, 2.45) is 0 Å². The molecule has 2 saturated heterocycles. The van der Waals surface area contributed by atoms with Crippen molar-refractivity contribution in [3.05, 3.63) is 59.7 Å². The van der Waals surface area contributed by atoms with Crippen LogP contribution >= 0.6 is 0 Å². The van der Waals surface area contributed by atoms with E-state index in [9.17, 15) is 45.6 Å². The van der Waals surface area contributed by atoms with Crippen LogP contribution in [0.5, 0.6) is 0 Å². The van der Waals surface area contributed by atoms with Gasteiger partial charge in [-0.05, 0) is 35.4 Å². The van der Waals surface area contributed by atoms with Crippen LogP contribution in [0.15, 0.2) is 48.5 Å². The first-order valence-electron chi connectivity index (χ1n) is 12.0. The van der Waals surface area contributed by atoms with E-state index in [4.69, 9.17) is 9.47 Å². The molecule has 2 fully saturated rings. The second kappa shape index (κ2) is 12.0. The molecule has 10 atom stereocenters. The molecule has 2 aromatic carbocycles. The average Bonchev–Trinajstić information content (AvgIpc) is 2.91. The van der Waals surface area contributed by atoms with Gasteiger partial charge >= 0.3 is 6.03 Å². The third kappa shape index (κ3) is 5.82. The molecule has 0 unspecified atom stereocenters. The molecule has 0 radical (unpaired) electrons. The first-order valence-corrected chi connectivity index (χ1v) is 12.0. The summed E-state index contributed by atoms with van der Waals surface area (Å²) in [5.41, 5.74) is 1.43. The molecular weight excluding hydrogens is 504 g/mol. The molecule has 2 aliphatic rings. The molecule has 0 aromatic heterocycles. The molecule has 2 heterocycles. The smallest absolute Gasteiger partial charge is 0.323 e. The highest BCUT2D eigenvalue weighted by molar-refractivity contribution is 5.99. The Hall–Kier alpha value is -2.69. The van der Waals surface area contributed by atoms with Crippen LogP contribution in [-0.2, 0) is 9.47 Å². The molecule has 0 aliphatic carbocycles. The van der Waals surface area contributed by atoms with Crippen LogP contribution in [0.2, 0.25) is 0 Å². The number of urea groups is 1. The summed E-state index contributed by atoms with van der Waals surface area (Å²) < 4.78 is 11.1. The predicted octanol–water partition coefficient (Wildman–Crippen LogP) is -1.64. The van der Waals surface area contributed by atoms with Gasteiger partial charge < -0.3 is 61.0 Å². The van der Waals surface area contributed by atoms with Crippen LogP contribution in [0, 0.1) is 0 Å². The second-order valence-corrected chi connectivity index (χ2v) is 9.33. The Morgan fingerprint density at radius 2 is 1.03 bits per heavy atom. The van der Waals surface area contributed by atoms with Crippen LogP contribution in [0.3, 0.4) is 0 Å². The summed E-state index contributed by atoms with van der Waals surface area (Å²) in [5.74, 6) is 0. The number of benzene rings is 2. The standard InChI is InChI=1S/C25H32N2O11/c28-9-15-17(30)19(32)21(34)23(37-15)11-3-1-5-13(7-11)26-25(36)27-14-6-2-4-12(8-14)24-22(35)20(33)18(31)16(10-29)38-24/h1-8,15-24,28-35H,9-10H2,(H2,26,27,36)/t15-,16-,17-,18-,19+,20+,21+,22+,23-,24-/m1/s1. The van der Waals surface area contributed by atoms with Crippen molar-refractivity contribution in [3.8, 4) is 0 Å². The first kappa shape index (κ1) is 28.3. The quantitative estimate of drug-likeness (QED) is 0.202. The van der Waals surface area contributed by atoms with Crippen molar-refractivity contribution >= 4 is 17.4 Å². The van der Waals surface area contributed by atoms with E-state index in [0.717, 1.165) is 0 Å². The van der Waals surface area contributed by atoms with Gasteiger partial charge in [-0.2, -0.15) is 0 Å². The van der Waals surface area contributed by atoms with Crippen molar-refractivity contribution < 1.29 is 55.1 Å².